The largest absolute Gasteiger partial charge is 0.309 e. The molecule has 0 atom stereocenters. The monoisotopic (exact) mass is 538 g/mol. The van der Waals surface area contributed by atoms with Gasteiger partial charge in [-0.15, -0.1) is 11.3 Å². The minimum Gasteiger partial charge on any atom is -0.309 e. The maximum absolute atomic E-state index is 2.45. The molecule has 4 aromatic heterocycles. The third kappa shape index (κ3) is 2.81. The highest BCUT2D eigenvalue weighted by atomic mass is 32.1. The standard InChI is InChI=1S/C38H22N2S/c1-2-8-24-19-27(15-13-23(24)7-1)39-33-11-5-3-9-28(33)30-20-25(14-16-35(30)39)26-21-31-29-10-4-6-12-34(29)40-36-17-18-41-38(36)32(22-26)37(31)40/h1-22H. The summed E-state index contributed by atoms with van der Waals surface area (Å²) in [6.07, 6.45) is 0. The van der Waals surface area contributed by atoms with E-state index in [1.54, 1.807) is 0 Å². The van der Waals surface area contributed by atoms with Gasteiger partial charge in [0.25, 0.3) is 0 Å². The highest BCUT2D eigenvalue weighted by molar-refractivity contribution is 7.18. The average molecular weight is 539 g/mol. The van der Waals surface area contributed by atoms with Crippen molar-refractivity contribution >= 4 is 81.3 Å². The smallest absolute Gasteiger partial charge is 0.0649 e. The highest BCUT2D eigenvalue weighted by Crippen LogP contribution is 2.44. The van der Waals surface area contributed by atoms with Gasteiger partial charge in [-0.1, -0.05) is 72.8 Å². The van der Waals surface area contributed by atoms with Gasteiger partial charge in [-0.2, -0.15) is 0 Å². The van der Waals surface area contributed by atoms with Crippen LogP contribution in [0, 0.1) is 0 Å². The number of rotatable bonds is 2. The first-order chi connectivity index (χ1) is 20.3. The Morgan fingerprint density at radius 1 is 0.439 bits per heavy atom. The first-order valence-electron chi connectivity index (χ1n) is 14.0. The van der Waals surface area contributed by atoms with Crippen molar-refractivity contribution in [1.29, 1.82) is 0 Å². The topological polar surface area (TPSA) is 9.34 Å². The zero-order valence-corrected chi connectivity index (χ0v) is 22.8. The first kappa shape index (κ1) is 21.7. The van der Waals surface area contributed by atoms with Crippen LogP contribution in [0.15, 0.2) is 133 Å². The zero-order chi connectivity index (χ0) is 26.7. The maximum atomic E-state index is 2.45. The van der Waals surface area contributed by atoms with E-state index in [0.717, 1.165) is 0 Å². The van der Waals surface area contributed by atoms with Gasteiger partial charge in [0.1, 0.15) is 0 Å². The molecule has 10 aromatic rings. The van der Waals surface area contributed by atoms with Crippen LogP contribution in [0.3, 0.4) is 0 Å². The Hall–Kier alpha value is -5.12. The van der Waals surface area contributed by atoms with E-state index in [1.165, 1.54) is 86.8 Å². The molecule has 0 bridgehead atoms. The van der Waals surface area contributed by atoms with Crippen molar-refractivity contribution in [3.05, 3.63) is 133 Å². The summed E-state index contributed by atoms with van der Waals surface area (Å²) in [6.45, 7) is 0. The van der Waals surface area contributed by atoms with Crippen molar-refractivity contribution in [2.75, 3.05) is 0 Å². The molecule has 4 heterocycles. The summed E-state index contributed by atoms with van der Waals surface area (Å²) < 4.78 is 6.23. The maximum Gasteiger partial charge on any atom is 0.0649 e. The number of hydrogen-bond donors (Lipinski definition) is 0. The number of thiophene rings is 1. The van der Waals surface area contributed by atoms with Crippen LogP contribution in [-0.2, 0) is 0 Å². The van der Waals surface area contributed by atoms with Crippen LogP contribution < -0.4 is 0 Å². The molecule has 6 aromatic carbocycles. The van der Waals surface area contributed by atoms with Crippen molar-refractivity contribution in [3.63, 3.8) is 0 Å². The van der Waals surface area contributed by atoms with Crippen LogP contribution in [0.2, 0.25) is 0 Å². The molecule has 0 N–H and O–H groups in total. The van der Waals surface area contributed by atoms with E-state index in [4.69, 9.17) is 0 Å². The number of fused-ring (bicyclic) bond motifs is 10. The van der Waals surface area contributed by atoms with E-state index in [-0.39, 0.29) is 0 Å². The molecule has 0 unspecified atom stereocenters. The fraction of sp³-hybridized carbons (Fsp3) is 0. The lowest BCUT2D eigenvalue weighted by molar-refractivity contribution is 1.19. The minimum atomic E-state index is 1.19. The molecular weight excluding hydrogens is 516 g/mol. The highest BCUT2D eigenvalue weighted by Gasteiger charge is 2.20. The molecule has 2 nitrogen and oxygen atoms in total. The second-order valence-electron chi connectivity index (χ2n) is 11.0. The number of aromatic nitrogens is 2. The summed E-state index contributed by atoms with van der Waals surface area (Å²) in [4.78, 5) is 0. The van der Waals surface area contributed by atoms with Gasteiger partial charge in [0.2, 0.25) is 0 Å². The summed E-state index contributed by atoms with van der Waals surface area (Å²) >= 11 is 1.84. The van der Waals surface area contributed by atoms with Gasteiger partial charge in [-0.25, -0.2) is 0 Å². The molecule has 0 fully saturated rings. The van der Waals surface area contributed by atoms with Crippen molar-refractivity contribution in [3.8, 4) is 16.8 Å². The summed E-state index contributed by atoms with van der Waals surface area (Å²) in [6, 6.07) is 47.0. The van der Waals surface area contributed by atoms with Crippen molar-refractivity contribution in [2.45, 2.75) is 0 Å². The van der Waals surface area contributed by atoms with E-state index in [0.29, 0.717) is 0 Å². The van der Waals surface area contributed by atoms with Gasteiger partial charge in [0.15, 0.2) is 0 Å². The lowest BCUT2D eigenvalue weighted by Gasteiger charge is -2.10. The Kier molecular flexibility index (Phi) is 4.10. The molecule has 0 aliphatic heterocycles. The molecule has 3 heteroatoms. The van der Waals surface area contributed by atoms with Crippen LogP contribution in [0.25, 0.3) is 86.8 Å². The Morgan fingerprint density at radius 2 is 1.15 bits per heavy atom. The molecule has 0 amide bonds. The van der Waals surface area contributed by atoms with Crippen molar-refractivity contribution < 1.29 is 0 Å². The zero-order valence-electron chi connectivity index (χ0n) is 22.0. The van der Waals surface area contributed by atoms with Crippen molar-refractivity contribution in [2.24, 2.45) is 0 Å². The molecule has 0 saturated heterocycles. The van der Waals surface area contributed by atoms with E-state index in [1.807, 2.05) is 11.3 Å². The van der Waals surface area contributed by atoms with Gasteiger partial charge < -0.3 is 8.97 Å². The minimum absolute atomic E-state index is 1.19. The molecule has 190 valence electrons. The lowest BCUT2D eigenvalue weighted by Crippen LogP contribution is -1.93. The van der Waals surface area contributed by atoms with E-state index >= 15 is 0 Å². The average Bonchev–Trinajstić information content (AvgIpc) is 3.78. The number of para-hydroxylation sites is 2. The Labute approximate surface area is 239 Å². The van der Waals surface area contributed by atoms with Crippen LogP contribution in [-0.4, -0.2) is 8.97 Å². The first-order valence-corrected chi connectivity index (χ1v) is 14.9. The van der Waals surface area contributed by atoms with Crippen LogP contribution in [0.1, 0.15) is 0 Å². The molecule has 0 radical (unpaired) electrons. The van der Waals surface area contributed by atoms with E-state index in [2.05, 4.69) is 142 Å². The number of nitrogens with zero attached hydrogens (tertiary/aromatic N) is 2. The lowest BCUT2D eigenvalue weighted by atomic mass is 9.99. The summed E-state index contributed by atoms with van der Waals surface area (Å²) in [5.41, 5.74) is 10.1. The van der Waals surface area contributed by atoms with Gasteiger partial charge in [0, 0.05) is 32.6 Å². The molecule has 10 rings (SSSR count). The normalized spacial score (nSPS) is 12.4. The molecular formula is C38H22N2S. The van der Waals surface area contributed by atoms with E-state index < -0.39 is 0 Å². The fourth-order valence-corrected chi connectivity index (χ4v) is 8.01. The van der Waals surface area contributed by atoms with Gasteiger partial charge in [-0.05, 0) is 81.9 Å². The predicted molar refractivity (Wildman–Crippen MR) is 176 cm³/mol. The molecule has 41 heavy (non-hydrogen) atoms. The SMILES string of the molecule is c1ccc2cc(-n3c4ccccc4c4cc(-c5cc6c7ccccc7n7c8ccsc8c(c5)c67)ccc43)ccc2c1. The number of hydrogen-bond acceptors (Lipinski definition) is 1. The summed E-state index contributed by atoms with van der Waals surface area (Å²) in [5, 5.41) is 11.3. The molecule has 0 spiro atoms. The Balaban J connectivity index is 1.26. The Bertz CT molecular complexity index is 2650. The molecule has 0 aliphatic rings. The van der Waals surface area contributed by atoms with Gasteiger partial charge in [-0.3, -0.25) is 0 Å². The second-order valence-corrected chi connectivity index (χ2v) is 11.9. The van der Waals surface area contributed by atoms with Crippen LogP contribution in [0.5, 0.6) is 0 Å². The number of benzene rings is 6. The van der Waals surface area contributed by atoms with Gasteiger partial charge >= 0.3 is 0 Å². The third-order valence-corrected chi connectivity index (χ3v) is 9.83. The fourth-order valence-electron chi connectivity index (χ4n) is 7.11. The summed E-state index contributed by atoms with van der Waals surface area (Å²) in [5.74, 6) is 0. The summed E-state index contributed by atoms with van der Waals surface area (Å²) in [7, 11) is 0. The van der Waals surface area contributed by atoms with E-state index in [9.17, 15) is 0 Å². The Morgan fingerprint density at radius 3 is 2.05 bits per heavy atom. The third-order valence-electron chi connectivity index (χ3n) is 8.90. The predicted octanol–water partition coefficient (Wildman–Crippen LogP) is 10.8. The quantitative estimate of drug-likeness (QED) is 0.207. The second kappa shape index (κ2) is 7.75. The van der Waals surface area contributed by atoms with Crippen LogP contribution in [0.4, 0.5) is 0 Å². The van der Waals surface area contributed by atoms with Gasteiger partial charge in [0.05, 0.1) is 32.3 Å². The van der Waals surface area contributed by atoms with Crippen molar-refractivity contribution in [1.82, 2.24) is 8.97 Å². The molecule has 0 aliphatic carbocycles. The van der Waals surface area contributed by atoms with Crippen LogP contribution >= 0.6 is 11.3 Å². The molecule has 0 saturated carbocycles.